The average Bonchev–Trinajstić information content (AvgIpc) is 3.07. The van der Waals surface area contributed by atoms with Crippen LogP contribution in [0.2, 0.25) is 0 Å². The van der Waals surface area contributed by atoms with E-state index in [-0.39, 0.29) is 24.6 Å². The Balaban J connectivity index is 1.40. The van der Waals surface area contributed by atoms with Gasteiger partial charge >= 0.3 is 6.03 Å². The van der Waals surface area contributed by atoms with E-state index in [1.54, 1.807) is 12.1 Å². The van der Waals surface area contributed by atoms with Gasteiger partial charge in [0, 0.05) is 12.6 Å². The molecule has 1 unspecified atom stereocenters. The fourth-order valence-electron chi connectivity index (χ4n) is 2.63. The van der Waals surface area contributed by atoms with Gasteiger partial charge in [-0.15, -0.1) is 0 Å². The number of aryl methyl sites for hydroxylation is 1. The molecule has 6 heteroatoms. The van der Waals surface area contributed by atoms with Crippen LogP contribution in [0.3, 0.4) is 0 Å². The molecule has 0 aromatic heterocycles. The quantitative estimate of drug-likeness (QED) is 0.754. The zero-order valence-corrected chi connectivity index (χ0v) is 14.1. The molecule has 132 valence electrons. The molecule has 3 N–H and O–H groups in total. The number of nitrogens with one attached hydrogen (secondary N) is 2. The number of fused-ring (bicyclic) bond motifs is 1. The number of benzene rings is 2. The molecule has 1 atom stereocenters. The van der Waals surface area contributed by atoms with Crippen LogP contribution in [0.1, 0.15) is 24.5 Å². The molecule has 0 radical (unpaired) electrons. The van der Waals surface area contributed by atoms with Crippen molar-refractivity contribution >= 4 is 6.03 Å². The largest absolute Gasteiger partial charge is 0.508 e. The second-order valence-electron chi connectivity index (χ2n) is 6.12. The van der Waals surface area contributed by atoms with Crippen LogP contribution in [-0.2, 0) is 13.0 Å². The Labute approximate surface area is 146 Å². The third kappa shape index (κ3) is 4.79. The maximum Gasteiger partial charge on any atom is 0.315 e. The number of carbonyl (C=O) groups is 1. The summed E-state index contributed by atoms with van der Waals surface area (Å²) < 4.78 is 10.6. The normalized spacial score (nSPS) is 13.3. The summed E-state index contributed by atoms with van der Waals surface area (Å²) in [4.78, 5) is 12.0. The van der Waals surface area contributed by atoms with Crippen molar-refractivity contribution < 1.29 is 19.4 Å². The number of urea groups is 1. The number of carbonyl (C=O) groups excluding carboxylic acids is 1. The van der Waals surface area contributed by atoms with Crippen molar-refractivity contribution in [1.29, 1.82) is 0 Å². The van der Waals surface area contributed by atoms with Crippen molar-refractivity contribution in [3.8, 4) is 17.2 Å². The minimum atomic E-state index is -0.198. The summed E-state index contributed by atoms with van der Waals surface area (Å²) in [6.45, 7) is 2.64. The van der Waals surface area contributed by atoms with Crippen LogP contribution in [0.15, 0.2) is 42.5 Å². The summed E-state index contributed by atoms with van der Waals surface area (Å²) in [7, 11) is 0. The van der Waals surface area contributed by atoms with E-state index in [1.165, 1.54) is 0 Å². The van der Waals surface area contributed by atoms with Gasteiger partial charge < -0.3 is 25.2 Å². The van der Waals surface area contributed by atoms with Crippen LogP contribution in [0.5, 0.6) is 17.2 Å². The Morgan fingerprint density at radius 1 is 1.12 bits per heavy atom. The smallest absolute Gasteiger partial charge is 0.315 e. The molecule has 0 aliphatic carbocycles. The first-order chi connectivity index (χ1) is 12.1. The van der Waals surface area contributed by atoms with Gasteiger partial charge in [0.1, 0.15) is 5.75 Å². The van der Waals surface area contributed by atoms with Gasteiger partial charge in [-0.3, -0.25) is 0 Å². The van der Waals surface area contributed by atoms with Crippen molar-refractivity contribution in [2.75, 3.05) is 6.79 Å². The van der Waals surface area contributed by atoms with Crippen molar-refractivity contribution in [1.82, 2.24) is 10.6 Å². The molecule has 1 heterocycles. The molecule has 6 nitrogen and oxygen atoms in total. The first-order valence-electron chi connectivity index (χ1n) is 8.31. The molecule has 2 amide bonds. The van der Waals surface area contributed by atoms with Crippen LogP contribution in [-0.4, -0.2) is 24.0 Å². The van der Waals surface area contributed by atoms with Gasteiger partial charge in [0.25, 0.3) is 0 Å². The highest BCUT2D eigenvalue weighted by molar-refractivity contribution is 5.74. The number of amides is 2. The summed E-state index contributed by atoms with van der Waals surface area (Å²) in [5.41, 5.74) is 2.09. The molecule has 25 heavy (non-hydrogen) atoms. The molecule has 3 rings (SSSR count). The third-order valence-corrected chi connectivity index (χ3v) is 4.07. The molecule has 1 aliphatic heterocycles. The number of phenols is 1. The predicted molar refractivity (Wildman–Crippen MR) is 93.8 cm³/mol. The Hall–Kier alpha value is -2.89. The Kier molecular flexibility index (Phi) is 5.28. The van der Waals surface area contributed by atoms with E-state index >= 15 is 0 Å². The summed E-state index contributed by atoms with van der Waals surface area (Å²) in [6.07, 6.45) is 1.66. The van der Waals surface area contributed by atoms with E-state index in [9.17, 15) is 9.90 Å². The van der Waals surface area contributed by atoms with E-state index in [0.717, 1.165) is 29.7 Å². The zero-order valence-electron chi connectivity index (χ0n) is 14.1. The number of rotatable bonds is 6. The summed E-state index contributed by atoms with van der Waals surface area (Å²) >= 11 is 0. The second kappa shape index (κ2) is 7.79. The van der Waals surface area contributed by atoms with E-state index in [0.29, 0.717) is 12.3 Å². The lowest BCUT2D eigenvalue weighted by Gasteiger charge is -2.15. The van der Waals surface area contributed by atoms with E-state index in [1.807, 2.05) is 37.3 Å². The predicted octanol–water partition coefficient (Wildman–Crippen LogP) is 2.94. The van der Waals surface area contributed by atoms with Gasteiger partial charge in [-0.2, -0.15) is 0 Å². The van der Waals surface area contributed by atoms with Crippen molar-refractivity contribution in [3.05, 3.63) is 53.6 Å². The number of hydrogen-bond acceptors (Lipinski definition) is 4. The van der Waals surface area contributed by atoms with Gasteiger partial charge in [0.05, 0.1) is 0 Å². The van der Waals surface area contributed by atoms with E-state index < -0.39 is 0 Å². The van der Waals surface area contributed by atoms with Crippen LogP contribution < -0.4 is 20.1 Å². The second-order valence-corrected chi connectivity index (χ2v) is 6.12. The highest BCUT2D eigenvalue weighted by atomic mass is 16.7. The molecule has 0 saturated carbocycles. The molecule has 2 aromatic carbocycles. The van der Waals surface area contributed by atoms with Gasteiger partial charge in [-0.05, 0) is 55.2 Å². The minimum absolute atomic E-state index is 0.0468. The maximum absolute atomic E-state index is 12.0. The third-order valence-electron chi connectivity index (χ3n) is 4.07. The number of aromatic hydroxyl groups is 1. The molecule has 2 aromatic rings. The minimum Gasteiger partial charge on any atom is -0.508 e. The standard InChI is InChI=1S/C19H22N2O4/c1-13(2-3-14-4-7-16(22)8-5-14)21-19(23)20-11-15-6-9-17-18(10-15)25-12-24-17/h4-10,13,22H,2-3,11-12H2,1H3,(H2,20,21,23). The monoisotopic (exact) mass is 342 g/mol. The highest BCUT2D eigenvalue weighted by Crippen LogP contribution is 2.32. The molecule has 0 saturated heterocycles. The lowest BCUT2D eigenvalue weighted by atomic mass is 10.1. The van der Waals surface area contributed by atoms with E-state index in [2.05, 4.69) is 10.6 Å². The first-order valence-corrected chi connectivity index (χ1v) is 8.31. The Morgan fingerprint density at radius 3 is 2.64 bits per heavy atom. The van der Waals surface area contributed by atoms with Gasteiger partial charge in [-0.25, -0.2) is 4.79 Å². The van der Waals surface area contributed by atoms with Crippen LogP contribution in [0.4, 0.5) is 4.79 Å². The maximum atomic E-state index is 12.0. The molecular formula is C19H22N2O4. The fourth-order valence-corrected chi connectivity index (χ4v) is 2.63. The molecule has 0 fully saturated rings. The lowest BCUT2D eigenvalue weighted by molar-refractivity contribution is 0.174. The van der Waals surface area contributed by atoms with Crippen LogP contribution in [0, 0.1) is 0 Å². The van der Waals surface area contributed by atoms with Crippen molar-refractivity contribution in [3.63, 3.8) is 0 Å². The molecule has 1 aliphatic rings. The summed E-state index contributed by atoms with van der Waals surface area (Å²) in [5.74, 6) is 1.70. The topological polar surface area (TPSA) is 79.8 Å². The van der Waals surface area contributed by atoms with Crippen LogP contribution in [0.25, 0.3) is 0 Å². The van der Waals surface area contributed by atoms with Crippen LogP contribution >= 0.6 is 0 Å². The van der Waals surface area contributed by atoms with Crippen molar-refractivity contribution in [2.45, 2.75) is 32.4 Å². The molecular weight excluding hydrogens is 320 g/mol. The zero-order chi connectivity index (χ0) is 17.6. The first kappa shape index (κ1) is 17.0. The number of phenolic OH excluding ortho intramolecular Hbond substituents is 1. The Morgan fingerprint density at radius 2 is 1.84 bits per heavy atom. The summed E-state index contributed by atoms with van der Waals surface area (Å²) in [6, 6.07) is 12.6. The fraction of sp³-hybridized carbons (Fsp3) is 0.316. The molecule has 0 spiro atoms. The Bertz CT molecular complexity index is 731. The van der Waals surface area contributed by atoms with Gasteiger partial charge in [0.2, 0.25) is 6.79 Å². The lowest BCUT2D eigenvalue weighted by Crippen LogP contribution is -2.40. The van der Waals surface area contributed by atoms with Crippen molar-refractivity contribution in [2.24, 2.45) is 0 Å². The molecule has 0 bridgehead atoms. The SMILES string of the molecule is CC(CCc1ccc(O)cc1)NC(=O)NCc1ccc2c(c1)OCO2. The van der Waals surface area contributed by atoms with Gasteiger partial charge in [0.15, 0.2) is 11.5 Å². The number of hydrogen-bond donors (Lipinski definition) is 3. The number of ether oxygens (including phenoxy) is 2. The highest BCUT2D eigenvalue weighted by Gasteiger charge is 2.13. The van der Waals surface area contributed by atoms with Gasteiger partial charge in [-0.1, -0.05) is 18.2 Å². The average molecular weight is 342 g/mol. The summed E-state index contributed by atoms with van der Waals surface area (Å²) in [5, 5.41) is 15.1. The van der Waals surface area contributed by atoms with E-state index in [4.69, 9.17) is 9.47 Å².